The number of carbonyl (C=O) groups excluding carboxylic acids is 2. The van der Waals surface area contributed by atoms with Gasteiger partial charge in [0, 0.05) is 6.54 Å². The predicted octanol–water partition coefficient (Wildman–Crippen LogP) is -0.833. The molecule has 0 aliphatic carbocycles. The van der Waals surface area contributed by atoms with Crippen LogP contribution in [0.5, 0.6) is 0 Å². The maximum absolute atomic E-state index is 10.4. The first-order valence-electron chi connectivity index (χ1n) is 3.88. The third-order valence-corrected chi connectivity index (χ3v) is 1.26. The third kappa shape index (κ3) is 11.5. The van der Waals surface area contributed by atoms with E-state index >= 15 is 0 Å². The van der Waals surface area contributed by atoms with Crippen molar-refractivity contribution in [2.75, 3.05) is 33.0 Å². The molecule has 0 fully saturated rings. The summed E-state index contributed by atoms with van der Waals surface area (Å²) in [7, 11) is 2.03. The molecule has 0 saturated heterocycles. The van der Waals surface area contributed by atoms with Crippen molar-refractivity contribution in [3.63, 3.8) is 0 Å². The van der Waals surface area contributed by atoms with E-state index in [1.54, 1.807) is 0 Å². The van der Waals surface area contributed by atoms with E-state index in [1.807, 2.05) is 9.24 Å². The Morgan fingerprint density at radius 1 is 1.31 bits per heavy atom. The molecule has 0 aromatic heterocycles. The average molecular weight is 207 g/mol. The zero-order chi connectivity index (χ0) is 9.94. The van der Waals surface area contributed by atoms with Crippen LogP contribution in [0.15, 0.2) is 0 Å². The molecule has 0 aliphatic rings. The number of hydrogen-bond acceptors (Lipinski definition) is 4. The van der Waals surface area contributed by atoms with Gasteiger partial charge in [0.2, 0.25) is 6.41 Å². The van der Waals surface area contributed by atoms with E-state index in [4.69, 9.17) is 9.47 Å². The van der Waals surface area contributed by atoms with Gasteiger partial charge in [-0.05, 0) is 0 Å². The van der Waals surface area contributed by atoms with Crippen molar-refractivity contribution in [2.24, 2.45) is 0 Å². The van der Waals surface area contributed by atoms with Crippen LogP contribution in [0, 0.1) is 0 Å². The zero-order valence-corrected chi connectivity index (χ0v) is 8.48. The molecule has 0 aromatic rings. The van der Waals surface area contributed by atoms with Gasteiger partial charge in [-0.15, -0.1) is 0 Å². The fourth-order valence-corrected chi connectivity index (χ4v) is 0.701. The van der Waals surface area contributed by atoms with Crippen molar-refractivity contribution in [1.82, 2.24) is 5.32 Å². The normalized spacial score (nSPS) is 9.62. The van der Waals surface area contributed by atoms with Crippen molar-refractivity contribution in [3.05, 3.63) is 0 Å². The average Bonchev–Trinajstić information content (AvgIpc) is 2.09. The van der Waals surface area contributed by atoms with Gasteiger partial charge in [-0.1, -0.05) is 9.24 Å². The molecule has 6 heteroatoms. The summed E-state index contributed by atoms with van der Waals surface area (Å²) in [6, 6.07) is 0. The van der Waals surface area contributed by atoms with Crippen LogP contribution < -0.4 is 5.32 Å². The summed E-state index contributed by atoms with van der Waals surface area (Å²) in [6.07, 6.45) is 0.618. The monoisotopic (exact) mass is 207 g/mol. The minimum absolute atomic E-state index is 0.0809. The topological polar surface area (TPSA) is 64.6 Å². The van der Waals surface area contributed by atoms with Crippen LogP contribution in [0.2, 0.25) is 0 Å². The van der Waals surface area contributed by atoms with E-state index in [9.17, 15) is 9.59 Å². The molecule has 5 nitrogen and oxygen atoms in total. The predicted molar refractivity (Wildman–Crippen MR) is 50.4 cm³/mol. The minimum atomic E-state index is -0.0809. The molecule has 0 rings (SSSR count). The van der Waals surface area contributed by atoms with Gasteiger partial charge in [0.05, 0.1) is 19.8 Å². The molecule has 0 heterocycles. The van der Waals surface area contributed by atoms with Crippen LogP contribution >= 0.6 is 9.24 Å². The lowest BCUT2D eigenvalue weighted by molar-refractivity contribution is -0.116. The molecule has 1 atom stereocenters. The van der Waals surface area contributed by atoms with Crippen molar-refractivity contribution < 1.29 is 19.1 Å². The zero-order valence-electron chi connectivity index (χ0n) is 7.32. The van der Waals surface area contributed by atoms with Gasteiger partial charge >= 0.3 is 0 Å². The Hall–Kier alpha value is -0.510. The molecule has 13 heavy (non-hydrogen) atoms. The molecule has 1 N–H and O–H groups in total. The van der Waals surface area contributed by atoms with Crippen LogP contribution in [-0.4, -0.2) is 44.9 Å². The van der Waals surface area contributed by atoms with E-state index in [0.29, 0.717) is 32.8 Å². The molecular formula is C7H14NO4P. The minimum Gasteiger partial charge on any atom is -0.377 e. The summed E-state index contributed by atoms with van der Waals surface area (Å²) >= 11 is 0. The Morgan fingerprint density at radius 3 is 2.62 bits per heavy atom. The number of carbonyl (C=O) groups is 2. The maximum atomic E-state index is 10.4. The molecule has 1 unspecified atom stereocenters. The molecule has 1 amide bonds. The summed E-state index contributed by atoms with van der Waals surface area (Å²) < 4.78 is 9.97. The molecule has 0 radical (unpaired) electrons. The lowest BCUT2D eigenvalue weighted by Gasteiger charge is -2.03. The van der Waals surface area contributed by atoms with Crippen molar-refractivity contribution >= 4 is 21.2 Å². The second-order valence-electron chi connectivity index (χ2n) is 2.20. The van der Waals surface area contributed by atoms with Gasteiger partial charge in [0.15, 0.2) is 5.52 Å². The Bertz CT molecular complexity index is 153. The van der Waals surface area contributed by atoms with Crippen LogP contribution in [0.25, 0.3) is 0 Å². The van der Waals surface area contributed by atoms with Gasteiger partial charge < -0.3 is 14.8 Å². The number of hydrogen-bond donors (Lipinski definition) is 1. The van der Waals surface area contributed by atoms with Crippen molar-refractivity contribution in [3.8, 4) is 0 Å². The molecule has 0 aromatic carbocycles. The summed E-state index contributed by atoms with van der Waals surface area (Å²) in [5.74, 6) is 0. The second kappa shape index (κ2) is 9.58. The highest BCUT2D eigenvalue weighted by Crippen LogP contribution is 1.86. The van der Waals surface area contributed by atoms with E-state index in [-0.39, 0.29) is 12.1 Å². The van der Waals surface area contributed by atoms with Crippen molar-refractivity contribution in [1.29, 1.82) is 0 Å². The number of rotatable bonds is 9. The van der Waals surface area contributed by atoms with Crippen molar-refractivity contribution in [2.45, 2.75) is 0 Å². The van der Waals surface area contributed by atoms with Crippen LogP contribution in [0.4, 0.5) is 0 Å². The second-order valence-corrected chi connectivity index (χ2v) is 2.85. The highest BCUT2D eigenvalue weighted by atomic mass is 31.0. The molecule has 0 aliphatic heterocycles. The SMILES string of the molecule is O=CNCCOCCOCC(=O)P. The fraction of sp³-hybridized carbons (Fsp3) is 0.714. The largest absolute Gasteiger partial charge is 0.377 e. The summed E-state index contributed by atoms with van der Waals surface area (Å²) in [5, 5.41) is 2.45. The van der Waals surface area contributed by atoms with E-state index in [1.165, 1.54) is 0 Å². The molecule has 0 saturated carbocycles. The Kier molecular flexibility index (Phi) is 9.20. The molecule has 0 bridgehead atoms. The highest BCUT2D eigenvalue weighted by Gasteiger charge is 1.92. The summed E-state index contributed by atoms with van der Waals surface area (Å²) in [4.78, 5) is 20.1. The van der Waals surface area contributed by atoms with Crippen LogP contribution in [0.1, 0.15) is 0 Å². The van der Waals surface area contributed by atoms with E-state index < -0.39 is 0 Å². The number of nitrogens with one attached hydrogen (secondary N) is 1. The van der Waals surface area contributed by atoms with Gasteiger partial charge in [0.25, 0.3) is 0 Å². The highest BCUT2D eigenvalue weighted by molar-refractivity contribution is 7.40. The standard InChI is InChI=1S/C7H14NO4P/c9-6-8-1-2-11-3-4-12-5-7(10)13/h6H,1-5,13H2,(H,8,9). The number of amides is 1. The Balaban J connectivity index is 2.91. The van der Waals surface area contributed by atoms with E-state index in [0.717, 1.165) is 0 Å². The fourth-order valence-electron chi connectivity index (χ4n) is 0.583. The van der Waals surface area contributed by atoms with Gasteiger partial charge in [-0.25, -0.2) is 0 Å². The first-order valence-corrected chi connectivity index (χ1v) is 4.46. The maximum Gasteiger partial charge on any atom is 0.207 e. The lowest BCUT2D eigenvalue weighted by atomic mass is 10.7. The Labute approximate surface area is 79.4 Å². The third-order valence-electron chi connectivity index (χ3n) is 1.09. The molecular weight excluding hydrogens is 193 g/mol. The van der Waals surface area contributed by atoms with E-state index in [2.05, 4.69) is 5.32 Å². The first-order chi connectivity index (χ1) is 6.27. The first kappa shape index (κ1) is 12.5. The smallest absolute Gasteiger partial charge is 0.207 e. The van der Waals surface area contributed by atoms with Crippen LogP contribution in [0.3, 0.4) is 0 Å². The Morgan fingerprint density at radius 2 is 2.00 bits per heavy atom. The molecule has 76 valence electrons. The summed E-state index contributed by atoms with van der Waals surface area (Å²) in [6.45, 7) is 1.86. The van der Waals surface area contributed by atoms with Gasteiger partial charge in [-0.2, -0.15) is 0 Å². The number of ether oxygens (including phenoxy) is 2. The van der Waals surface area contributed by atoms with Gasteiger partial charge in [-0.3, -0.25) is 9.59 Å². The van der Waals surface area contributed by atoms with Gasteiger partial charge in [0.1, 0.15) is 6.61 Å². The lowest BCUT2D eigenvalue weighted by Crippen LogP contribution is -2.19. The molecule has 0 spiro atoms. The van der Waals surface area contributed by atoms with Crippen LogP contribution in [-0.2, 0) is 19.1 Å². The quantitative estimate of drug-likeness (QED) is 0.304. The summed E-state index contributed by atoms with van der Waals surface area (Å²) in [5.41, 5.74) is -0.0809.